The third-order valence-electron chi connectivity index (χ3n) is 5.87. The number of amides is 2. The van der Waals surface area contributed by atoms with Crippen molar-refractivity contribution in [3.63, 3.8) is 0 Å². The molecule has 2 amide bonds. The van der Waals surface area contributed by atoms with Gasteiger partial charge in [-0.05, 0) is 55.4 Å². The molecule has 1 aromatic rings. The van der Waals surface area contributed by atoms with Crippen LogP contribution in [0.15, 0.2) is 36.4 Å². The minimum absolute atomic E-state index is 0.0225. The Balaban J connectivity index is 1.49. The van der Waals surface area contributed by atoms with Crippen molar-refractivity contribution >= 4 is 17.5 Å². The molecular weight excluding hydrogens is 314 g/mol. The van der Waals surface area contributed by atoms with Gasteiger partial charge in [0.05, 0.1) is 24.1 Å². The lowest BCUT2D eigenvalue weighted by Gasteiger charge is -2.38. The number of allylic oxidation sites excluding steroid dienone is 2. The summed E-state index contributed by atoms with van der Waals surface area (Å²) in [5, 5.41) is 0. The highest BCUT2D eigenvalue weighted by Crippen LogP contribution is 2.50. The van der Waals surface area contributed by atoms with Gasteiger partial charge in [0.2, 0.25) is 11.8 Å². The molecule has 4 nitrogen and oxygen atoms in total. The van der Waals surface area contributed by atoms with E-state index in [4.69, 9.17) is 4.74 Å². The van der Waals surface area contributed by atoms with E-state index >= 15 is 0 Å². The molecule has 2 fully saturated rings. The van der Waals surface area contributed by atoms with Gasteiger partial charge in [-0.3, -0.25) is 14.5 Å². The Kier molecular flexibility index (Phi) is 4.36. The zero-order chi connectivity index (χ0) is 17.4. The van der Waals surface area contributed by atoms with Crippen LogP contribution >= 0.6 is 0 Å². The van der Waals surface area contributed by atoms with Gasteiger partial charge in [-0.15, -0.1) is 0 Å². The van der Waals surface area contributed by atoms with E-state index in [1.165, 1.54) is 11.3 Å². The summed E-state index contributed by atoms with van der Waals surface area (Å²) < 4.78 is 5.72. The number of unbranched alkanes of at least 4 members (excludes halogenated alkanes) is 2. The molecule has 0 aromatic heterocycles. The predicted octanol–water partition coefficient (Wildman–Crippen LogP) is 3.96. The van der Waals surface area contributed by atoms with Gasteiger partial charge in [0.1, 0.15) is 5.75 Å². The summed E-state index contributed by atoms with van der Waals surface area (Å²) >= 11 is 0. The molecule has 4 atom stereocenters. The summed E-state index contributed by atoms with van der Waals surface area (Å²) in [5.41, 5.74) is 0.671. The molecule has 4 aliphatic rings. The van der Waals surface area contributed by atoms with Crippen molar-refractivity contribution in [1.82, 2.24) is 0 Å². The number of imide groups is 1. The summed E-state index contributed by atoms with van der Waals surface area (Å²) in [4.78, 5) is 27.2. The average Bonchev–Trinajstić information content (AvgIpc) is 2.94. The molecule has 1 saturated carbocycles. The zero-order valence-electron chi connectivity index (χ0n) is 14.7. The maximum atomic E-state index is 12.9. The van der Waals surface area contributed by atoms with Crippen molar-refractivity contribution in [3.05, 3.63) is 36.4 Å². The van der Waals surface area contributed by atoms with Crippen LogP contribution in [-0.2, 0) is 9.59 Å². The van der Waals surface area contributed by atoms with E-state index in [2.05, 4.69) is 19.1 Å². The fourth-order valence-corrected chi connectivity index (χ4v) is 4.56. The second-order valence-electron chi connectivity index (χ2n) is 7.40. The Hall–Kier alpha value is -2.10. The number of benzene rings is 1. The fourth-order valence-electron chi connectivity index (χ4n) is 4.56. The standard InChI is InChI=1S/C21H25NO3/c1-2-3-4-13-25-17-11-9-16(10-12-17)22-20(23)18-14-5-6-15(8-7-14)19(18)21(22)24/h5-6,9-12,14-15,18-19H,2-4,7-8,13H2,1H3/t14-,15+,18-,19+. The molecule has 2 bridgehead atoms. The maximum Gasteiger partial charge on any atom is 0.238 e. The summed E-state index contributed by atoms with van der Waals surface area (Å²) in [6.45, 7) is 2.87. The Morgan fingerprint density at radius 3 is 2.08 bits per heavy atom. The second-order valence-corrected chi connectivity index (χ2v) is 7.40. The average molecular weight is 339 g/mol. The number of fused-ring (bicyclic) bond motifs is 1. The molecule has 1 aromatic carbocycles. The number of hydrogen-bond acceptors (Lipinski definition) is 3. The SMILES string of the molecule is CCCCCOc1ccc(N2C(=O)[C@@H]3[C@H](C2=O)[C@@H]2C=C[C@H]3CC2)cc1. The van der Waals surface area contributed by atoms with Gasteiger partial charge >= 0.3 is 0 Å². The Morgan fingerprint density at radius 1 is 0.960 bits per heavy atom. The van der Waals surface area contributed by atoms with Gasteiger partial charge in [0.15, 0.2) is 0 Å². The quantitative estimate of drug-likeness (QED) is 0.448. The molecule has 132 valence electrons. The topological polar surface area (TPSA) is 46.6 Å². The predicted molar refractivity (Wildman–Crippen MR) is 96.3 cm³/mol. The molecule has 0 radical (unpaired) electrons. The molecule has 1 saturated heterocycles. The summed E-state index contributed by atoms with van der Waals surface area (Å²) in [6.07, 6.45) is 9.73. The van der Waals surface area contributed by atoms with Crippen LogP contribution in [-0.4, -0.2) is 18.4 Å². The van der Waals surface area contributed by atoms with Crippen LogP contribution in [0.25, 0.3) is 0 Å². The van der Waals surface area contributed by atoms with Gasteiger partial charge in [-0.25, -0.2) is 0 Å². The number of nitrogens with zero attached hydrogens (tertiary/aromatic N) is 1. The number of carbonyl (C=O) groups is 2. The fraction of sp³-hybridized carbons (Fsp3) is 0.524. The third kappa shape index (κ3) is 2.78. The molecule has 0 unspecified atom stereocenters. The van der Waals surface area contributed by atoms with Crippen LogP contribution in [0.5, 0.6) is 5.75 Å². The van der Waals surface area contributed by atoms with Crippen LogP contribution < -0.4 is 9.64 Å². The van der Waals surface area contributed by atoms with Crippen molar-refractivity contribution in [1.29, 1.82) is 0 Å². The van der Waals surface area contributed by atoms with Gasteiger partial charge in [-0.1, -0.05) is 31.9 Å². The van der Waals surface area contributed by atoms with E-state index in [0.717, 1.165) is 31.4 Å². The van der Waals surface area contributed by atoms with Crippen LogP contribution in [0, 0.1) is 23.7 Å². The third-order valence-corrected chi connectivity index (χ3v) is 5.87. The first kappa shape index (κ1) is 16.4. The van der Waals surface area contributed by atoms with Crippen molar-refractivity contribution < 1.29 is 14.3 Å². The van der Waals surface area contributed by atoms with E-state index in [1.807, 2.05) is 24.3 Å². The van der Waals surface area contributed by atoms with E-state index in [9.17, 15) is 9.59 Å². The lowest BCUT2D eigenvalue weighted by molar-refractivity contribution is -0.124. The number of ether oxygens (including phenoxy) is 1. The monoisotopic (exact) mass is 339 g/mol. The smallest absolute Gasteiger partial charge is 0.238 e. The second kappa shape index (κ2) is 6.66. The highest BCUT2D eigenvalue weighted by Gasteiger charge is 2.56. The number of hydrogen-bond donors (Lipinski definition) is 0. The Bertz CT molecular complexity index is 662. The highest BCUT2D eigenvalue weighted by atomic mass is 16.5. The summed E-state index contributed by atoms with van der Waals surface area (Å²) in [7, 11) is 0. The molecule has 0 N–H and O–H groups in total. The first-order chi connectivity index (χ1) is 12.2. The lowest BCUT2D eigenvalue weighted by atomic mass is 9.63. The van der Waals surface area contributed by atoms with Crippen molar-refractivity contribution in [2.45, 2.75) is 39.0 Å². The van der Waals surface area contributed by atoms with Crippen LogP contribution in [0.3, 0.4) is 0 Å². The molecule has 1 heterocycles. The minimum Gasteiger partial charge on any atom is -0.494 e. The minimum atomic E-state index is -0.152. The van der Waals surface area contributed by atoms with E-state index < -0.39 is 0 Å². The van der Waals surface area contributed by atoms with Gasteiger partial charge in [-0.2, -0.15) is 0 Å². The van der Waals surface area contributed by atoms with Crippen molar-refractivity contribution in [2.24, 2.45) is 23.7 Å². The lowest BCUT2D eigenvalue weighted by Crippen LogP contribution is -2.38. The summed E-state index contributed by atoms with van der Waals surface area (Å²) in [5.74, 6) is 0.909. The van der Waals surface area contributed by atoms with Gasteiger partial charge in [0, 0.05) is 0 Å². The molecule has 5 rings (SSSR count). The molecule has 1 aliphatic heterocycles. The Morgan fingerprint density at radius 2 is 1.56 bits per heavy atom. The van der Waals surface area contributed by atoms with E-state index in [1.54, 1.807) is 0 Å². The molecule has 4 heteroatoms. The van der Waals surface area contributed by atoms with Crippen LogP contribution in [0.1, 0.15) is 39.0 Å². The van der Waals surface area contributed by atoms with Crippen LogP contribution in [0.2, 0.25) is 0 Å². The zero-order valence-corrected chi connectivity index (χ0v) is 14.7. The normalized spacial score (nSPS) is 30.0. The first-order valence-corrected chi connectivity index (χ1v) is 9.49. The highest BCUT2D eigenvalue weighted by molar-refractivity contribution is 6.22. The number of rotatable bonds is 6. The van der Waals surface area contributed by atoms with Crippen molar-refractivity contribution in [2.75, 3.05) is 11.5 Å². The van der Waals surface area contributed by atoms with Gasteiger partial charge in [0.25, 0.3) is 0 Å². The van der Waals surface area contributed by atoms with E-state index in [-0.39, 0.29) is 35.5 Å². The van der Waals surface area contributed by atoms with Crippen molar-refractivity contribution in [3.8, 4) is 5.75 Å². The van der Waals surface area contributed by atoms with Gasteiger partial charge < -0.3 is 4.74 Å². The largest absolute Gasteiger partial charge is 0.494 e. The summed E-state index contributed by atoms with van der Waals surface area (Å²) in [6, 6.07) is 7.38. The number of anilines is 1. The maximum absolute atomic E-state index is 12.9. The Labute approximate surface area is 148 Å². The molecule has 0 spiro atoms. The van der Waals surface area contributed by atoms with E-state index in [0.29, 0.717) is 12.3 Å². The molecule has 25 heavy (non-hydrogen) atoms. The number of carbonyl (C=O) groups excluding carboxylic acids is 2. The first-order valence-electron chi connectivity index (χ1n) is 9.49. The molecular formula is C21H25NO3. The van der Waals surface area contributed by atoms with Crippen LogP contribution in [0.4, 0.5) is 5.69 Å². The molecule has 3 aliphatic carbocycles.